The maximum absolute atomic E-state index is 12.1. The fraction of sp³-hybridized carbons (Fsp3) is 0.214. The Morgan fingerprint density at radius 1 is 1.10 bits per heavy atom. The highest BCUT2D eigenvalue weighted by atomic mass is 32.1. The summed E-state index contributed by atoms with van der Waals surface area (Å²) in [6, 6.07) is 9.57. The second-order valence-corrected chi connectivity index (χ2v) is 5.09. The number of fused-ring (bicyclic) bond motifs is 1. The number of hydrogen-bond donors (Lipinski definition) is 2. The Morgan fingerprint density at radius 2 is 1.81 bits per heavy atom. The van der Waals surface area contributed by atoms with Gasteiger partial charge in [-0.05, 0) is 24.7 Å². The molecule has 2 aromatic heterocycles. The molecule has 6 nitrogen and oxygen atoms in total. The average molecular weight is 302 g/mol. The molecule has 1 aromatic carbocycles. The molecule has 0 bridgehead atoms. The lowest BCUT2D eigenvalue weighted by atomic mass is 10.2. The van der Waals surface area contributed by atoms with E-state index in [1.807, 2.05) is 37.3 Å². The number of benzene rings is 1. The van der Waals surface area contributed by atoms with Crippen molar-refractivity contribution in [3.63, 3.8) is 0 Å². The van der Waals surface area contributed by atoms with Crippen LogP contribution in [0.2, 0.25) is 0 Å². The molecule has 3 aromatic rings. The van der Waals surface area contributed by atoms with Crippen LogP contribution in [0.4, 0.5) is 0 Å². The van der Waals surface area contributed by atoms with Crippen LogP contribution in [0, 0.1) is 4.77 Å². The molecular formula is C14H14N4O2S. The highest BCUT2D eigenvalue weighted by Crippen LogP contribution is 2.10. The summed E-state index contributed by atoms with van der Waals surface area (Å²) in [6.07, 6.45) is 0. The molecule has 2 heterocycles. The largest absolute Gasteiger partial charge is 0.330 e. The molecule has 0 amide bonds. The number of imidazole rings is 1. The van der Waals surface area contributed by atoms with Crippen LogP contribution in [-0.4, -0.2) is 19.1 Å². The Hall–Kier alpha value is -2.41. The van der Waals surface area contributed by atoms with Gasteiger partial charge < -0.3 is 9.55 Å². The van der Waals surface area contributed by atoms with E-state index < -0.39 is 11.2 Å². The van der Waals surface area contributed by atoms with E-state index in [0.29, 0.717) is 29.0 Å². The van der Waals surface area contributed by atoms with Crippen molar-refractivity contribution in [3.8, 4) is 0 Å². The van der Waals surface area contributed by atoms with E-state index in [1.54, 1.807) is 4.57 Å². The van der Waals surface area contributed by atoms with Gasteiger partial charge in [0.05, 0.1) is 6.54 Å². The molecule has 3 rings (SSSR count). The molecule has 0 aliphatic carbocycles. The lowest BCUT2D eigenvalue weighted by molar-refractivity contribution is 0.741. The van der Waals surface area contributed by atoms with Crippen LogP contribution in [-0.2, 0) is 13.1 Å². The highest BCUT2D eigenvalue weighted by molar-refractivity contribution is 7.71. The van der Waals surface area contributed by atoms with Crippen molar-refractivity contribution in [2.75, 3.05) is 0 Å². The molecular weight excluding hydrogens is 288 g/mol. The highest BCUT2D eigenvalue weighted by Gasteiger charge is 2.13. The van der Waals surface area contributed by atoms with Crippen molar-refractivity contribution in [2.45, 2.75) is 20.0 Å². The number of aromatic amines is 2. The van der Waals surface area contributed by atoms with Crippen LogP contribution in [0.3, 0.4) is 0 Å². The van der Waals surface area contributed by atoms with Crippen LogP contribution in [0.15, 0.2) is 39.9 Å². The molecule has 0 unspecified atom stereocenters. The van der Waals surface area contributed by atoms with Gasteiger partial charge in [0.1, 0.15) is 5.65 Å². The van der Waals surface area contributed by atoms with Gasteiger partial charge in [-0.2, -0.15) is 0 Å². The number of rotatable bonds is 3. The maximum Gasteiger partial charge on any atom is 0.330 e. The zero-order chi connectivity index (χ0) is 15.0. The first-order valence-corrected chi connectivity index (χ1v) is 7.02. The summed E-state index contributed by atoms with van der Waals surface area (Å²) in [4.78, 5) is 29.5. The van der Waals surface area contributed by atoms with Crippen molar-refractivity contribution in [3.05, 3.63) is 61.5 Å². The minimum Gasteiger partial charge on any atom is -0.316 e. The predicted octanol–water partition coefficient (Wildman–Crippen LogP) is 1.62. The fourth-order valence-electron chi connectivity index (χ4n) is 2.43. The van der Waals surface area contributed by atoms with Gasteiger partial charge in [-0.3, -0.25) is 14.3 Å². The number of nitrogens with zero attached hydrogens (tertiary/aromatic N) is 2. The quantitative estimate of drug-likeness (QED) is 0.722. The Kier molecular flexibility index (Phi) is 3.34. The maximum atomic E-state index is 12.1. The molecule has 2 N–H and O–H groups in total. The molecule has 0 saturated heterocycles. The van der Waals surface area contributed by atoms with Gasteiger partial charge >= 0.3 is 5.69 Å². The van der Waals surface area contributed by atoms with Gasteiger partial charge in [-0.25, -0.2) is 4.79 Å². The van der Waals surface area contributed by atoms with Crippen LogP contribution in [0.5, 0.6) is 0 Å². The zero-order valence-electron chi connectivity index (χ0n) is 11.4. The third-order valence-corrected chi connectivity index (χ3v) is 3.74. The van der Waals surface area contributed by atoms with Crippen molar-refractivity contribution in [2.24, 2.45) is 0 Å². The second kappa shape index (κ2) is 5.17. The van der Waals surface area contributed by atoms with Gasteiger partial charge in [0.25, 0.3) is 5.56 Å². The Labute approximate surface area is 124 Å². The first kappa shape index (κ1) is 13.6. The number of H-pyrrole nitrogens is 2. The smallest absolute Gasteiger partial charge is 0.316 e. The predicted molar refractivity (Wildman–Crippen MR) is 83.2 cm³/mol. The summed E-state index contributed by atoms with van der Waals surface area (Å²) in [5, 5.41) is 0. The van der Waals surface area contributed by atoms with Crippen molar-refractivity contribution in [1.82, 2.24) is 19.1 Å². The molecule has 0 fully saturated rings. The molecule has 7 heteroatoms. The molecule has 0 saturated carbocycles. The van der Waals surface area contributed by atoms with Gasteiger partial charge in [0.2, 0.25) is 0 Å². The molecule has 0 spiro atoms. The lowest BCUT2D eigenvalue weighted by Crippen LogP contribution is -2.31. The zero-order valence-corrected chi connectivity index (χ0v) is 12.2. The minimum atomic E-state index is -0.448. The normalized spacial score (nSPS) is 11.1. The molecule has 0 atom stereocenters. The summed E-state index contributed by atoms with van der Waals surface area (Å²) in [5.74, 6) is 0. The van der Waals surface area contributed by atoms with Crippen LogP contribution in [0.1, 0.15) is 12.5 Å². The monoisotopic (exact) mass is 302 g/mol. The summed E-state index contributed by atoms with van der Waals surface area (Å²) in [5.41, 5.74) is 0.957. The third kappa shape index (κ3) is 2.25. The molecule has 108 valence electrons. The standard InChI is InChI=1S/C14H14N4O2S/c1-2-17-10-11(15-14(17)21)18(13(20)16-12(10)19)8-9-6-4-3-5-7-9/h3-7H,2,8H2,1H3,(H,15,21)(H,16,19,20). The first-order chi connectivity index (χ1) is 10.1. The number of aromatic nitrogens is 4. The Bertz CT molecular complexity index is 963. The van der Waals surface area contributed by atoms with E-state index >= 15 is 0 Å². The third-order valence-electron chi connectivity index (χ3n) is 3.42. The number of aryl methyl sites for hydroxylation is 1. The number of nitrogens with one attached hydrogen (secondary N) is 2. The Morgan fingerprint density at radius 3 is 2.48 bits per heavy atom. The van der Waals surface area contributed by atoms with Gasteiger partial charge in [0, 0.05) is 6.54 Å². The van der Waals surface area contributed by atoms with Crippen molar-refractivity contribution < 1.29 is 0 Å². The summed E-state index contributed by atoms with van der Waals surface area (Å²) in [7, 11) is 0. The average Bonchev–Trinajstić information content (AvgIpc) is 2.81. The molecule has 0 aliphatic rings. The summed E-state index contributed by atoms with van der Waals surface area (Å²) < 4.78 is 3.61. The molecule has 21 heavy (non-hydrogen) atoms. The van der Waals surface area contributed by atoms with E-state index in [2.05, 4.69) is 9.97 Å². The topological polar surface area (TPSA) is 75.6 Å². The Balaban J connectivity index is 2.31. The van der Waals surface area contributed by atoms with Crippen molar-refractivity contribution >= 4 is 23.4 Å². The van der Waals surface area contributed by atoms with E-state index in [-0.39, 0.29) is 0 Å². The first-order valence-electron chi connectivity index (χ1n) is 6.61. The SMILES string of the molecule is CCn1c(=S)[nH]c2c1c(=O)[nH]c(=O)n2Cc1ccccc1. The number of hydrogen-bond acceptors (Lipinski definition) is 3. The molecule has 0 aliphatic heterocycles. The molecule has 0 radical (unpaired) electrons. The van der Waals surface area contributed by atoms with Crippen LogP contribution < -0.4 is 11.2 Å². The van der Waals surface area contributed by atoms with Gasteiger partial charge in [-0.1, -0.05) is 30.3 Å². The van der Waals surface area contributed by atoms with Crippen molar-refractivity contribution in [1.29, 1.82) is 0 Å². The van der Waals surface area contributed by atoms with E-state index in [4.69, 9.17) is 12.2 Å². The van der Waals surface area contributed by atoms with E-state index in [9.17, 15) is 9.59 Å². The fourth-order valence-corrected chi connectivity index (χ4v) is 2.74. The van der Waals surface area contributed by atoms with Crippen LogP contribution in [0.25, 0.3) is 11.2 Å². The summed E-state index contributed by atoms with van der Waals surface area (Å²) in [6.45, 7) is 2.83. The minimum absolute atomic E-state index is 0.367. The van der Waals surface area contributed by atoms with E-state index in [1.165, 1.54) is 4.57 Å². The second-order valence-electron chi connectivity index (χ2n) is 4.70. The van der Waals surface area contributed by atoms with Crippen LogP contribution >= 0.6 is 12.2 Å². The lowest BCUT2D eigenvalue weighted by Gasteiger charge is -2.07. The van der Waals surface area contributed by atoms with Gasteiger partial charge in [-0.15, -0.1) is 0 Å². The van der Waals surface area contributed by atoms with E-state index in [0.717, 1.165) is 5.56 Å². The summed E-state index contributed by atoms with van der Waals surface area (Å²) >= 11 is 5.22. The van der Waals surface area contributed by atoms with Gasteiger partial charge in [0.15, 0.2) is 10.3 Å².